The summed E-state index contributed by atoms with van der Waals surface area (Å²) in [6.07, 6.45) is 1.81. The molecule has 0 saturated carbocycles. The summed E-state index contributed by atoms with van der Waals surface area (Å²) < 4.78 is 0. The highest BCUT2D eigenvalue weighted by Crippen LogP contribution is 1.88. The third kappa shape index (κ3) is 3.72. The van der Waals surface area contributed by atoms with Gasteiger partial charge in [0.05, 0.1) is 0 Å². The molecule has 0 unspecified atom stereocenters. The Balaban J connectivity index is 3.27. The minimum absolute atomic E-state index is 0.412. The first-order valence-electron chi connectivity index (χ1n) is 2.91. The van der Waals surface area contributed by atoms with Gasteiger partial charge in [0.1, 0.15) is 11.5 Å². The SMILES string of the molecule is CCCCN(O)[N+](=N)N. The van der Waals surface area contributed by atoms with Gasteiger partial charge in [-0.15, -0.1) is 0 Å². The van der Waals surface area contributed by atoms with Gasteiger partial charge < -0.3 is 0 Å². The Bertz CT molecular complexity index is 94.6. The molecule has 0 aliphatic rings. The fourth-order valence-electron chi connectivity index (χ4n) is 0.407. The summed E-state index contributed by atoms with van der Waals surface area (Å²) in [6.45, 7) is 2.41. The largest absolute Gasteiger partial charge is 0.237 e. The van der Waals surface area contributed by atoms with Crippen LogP contribution in [0.4, 0.5) is 0 Å². The van der Waals surface area contributed by atoms with Gasteiger partial charge in [0.15, 0.2) is 0 Å². The molecule has 0 atom stereocenters. The number of hydroxylamine groups is 1. The van der Waals surface area contributed by atoms with Gasteiger partial charge in [0, 0.05) is 5.53 Å². The third-order valence-corrected chi connectivity index (χ3v) is 0.960. The van der Waals surface area contributed by atoms with Gasteiger partial charge in [-0.1, -0.05) is 13.3 Å². The van der Waals surface area contributed by atoms with Crippen LogP contribution in [-0.2, 0) is 0 Å². The first-order chi connectivity index (χ1) is 4.18. The Morgan fingerprint density at radius 3 is 2.67 bits per heavy atom. The molecule has 9 heavy (non-hydrogen) atoms. The standard InChI is InChI=1S/C4H13N4O/c1-2-3-4-7(9)8(5)6/h9H,2-4H2,1H3,(H3,5,6)/q+1. The van der Waals surface area contributed by atoms with Crippen LogP contribution in [0.1, 0.15) is 19.8 Å². The van der Waals surface area contributed by atoms with E-state index in [0.29, 0.717) is 16.6 Å². The van der Waals surface area contributed by atoms with Gasteiger partial charge in [0.2, 0.25) is 0 Å². The smallest absolute Gasteiger partial charge is 0.135 e. The molecule has 0 bridgehead atoms. The van der Waals surface area contributed by atoms with Crippen LogP contribution in [0.3, 0.4) is 0 Å². The molecule has 0 aliphatic heterocycles. The van der Waals surface area contributed by atoms with Crippen LogP contribution in [-0.4, -0.2) is 21.8 Å². The summed E-state index contributed by atoms with van der Waals surface area (Å²) in [5.74, 6) is 4.85. The zero-order chi connectivity index (χ0) is 7.28. The molecule has 54 valence electrons. The van der Waals surface area contributed by atoms with E-state index in [-0.39, 0.29) is 0 Å². The minimum Gasteiger partial charge on any atom is -0.237 e. The van der Waals surface area contributed by atoms with E-state index in [1.807, 2.05) is 6.92 Å². The lowest BCUT2D eigenvalue weighted by Crippen LogP contribution is -2.35. The molecule has 5 heteroatoms. The molecule has 0 saturated heterocycles. The highest BCUT2D eigenvalue weighted by atomic mass is 16.6. The summed E-state index contributed by atoms with van der Waals surface area (Å²) in [5, 5.41) is 9.36. The molecular formula is C4H13N4O+. The molecular weight excluding hydrogens is 120 g/mol. The summed E-state index contributed by atoms with van der Waals surface area (Å²) in [5.41, 5.74) is 6.65. The summed E-state index contributed by atoms with van der Waals surface area (Å²) in [4.78, 5) is 0.412. The van der Waals surface area contributed by atoms with Crippen LogP contribution in [0.2, 0.25) is 0 Å². The Labute approximate surface area is 54.1 Å². The highest BCUT2D eigenvalue weighted by molar-refractivity contribution is 4.30. The van der Waals surface area contributed by atoms with Crippen molar-refractivity contribution in [3.05, 3.63) is 0 Å². The van der Waals surface area contributed by atoms with Gasteiger partial charge in [-0.25, -0.2) is 5.21 Å². The number of rotatable bonds is 4. The molecule has 0 heterocycles. The fraction of sp³-hybridized carbons (Fsp3) is 1.00. The van der Waals surface area contributed by atoms with Crippen LogP contribution in [0.25, 0.3) is 0 Å². The molecule has 0 aliphatic carbocycles. The zero-order valence-corrected chi connectivity index (χ0v) is 5.54. The number of nitrogens with zero attached hydrogens (tertiary/aromatic N) is 2. The average Bonchev–Trinajstić information content (AvgIpc) is 1.82. The van der Waals surface area contributed by atoms with E-state index in [9.17, 15) is 0 Å². The monoisotopic (exact) mass is 133 g/mol. The summed E-state index contributed by atoms with van der Waals surface area (Å²) in [6, 6.07) is 0. The number of hydrogen-bond acceptors (Lipinski definition) is 2. The van der Waals surface area contributed by atoms with Crippen molar-refractivity contribution < 1.29 is 10.1 Å². The first kappa shape index (κ1) is 8.16. The minimum atomic E-state index is 0.412. The van der Waals surface area contributed by atoms with E-state index < -0.39 is 0 Å². The van der Waals surface area contributed by atoms with E-state index in [0.717, 1.165) is 12.8 Å². The molecule has 0 fully saturated rings. The van der Waals surface area contributed by atoms with Crippen molar-refractivity contribution in [2.45, 2.75) is 19.8 Å². The maximum absolute atomic E-state index is 8.70. The Kier molecular flexibility index (Phi) is 3.70. The molecule has 0 aromatic carbocycles. The van der Waals surface area contributed by atoms with Gasteiger partial charge in [-0.2, -0.15) is 5.84 Å². The van der Waals surface area contributed by atoms with E-state index in [1.54, 1.807) is 0 Å². The van der Waals surface area contributed by atoms with E-state index in [2.05, 4.69) is 0 Å². The van der Waals surface area contributed by atoms with Gasteiger partial charge in [0.25, 0.3) is 0 Å². The predicted molar refractivity (Wildman–Crippen MR) is 30.6 cm³/mol. The third-order valence-electron chi connectivity index (χ3n) is 0.960. The number of unbranched alkanes of at least 4 members (excludes halogenated alkanes) is 1. The molecule has 4 N–H and O–H groups in total. The number of hydrazine groups is 2. The van der Waals surface area contributed by atoms with Crippen molar-refractivity contribution in [3.63, 3.8) is 0 Å². The van der Waals surface area contributed by atoms with Crippen molar-refractivity contribution in [1.82, 2.24) is 5.17 Å². The zero-order valence-electron chi connectivity index (χ0n) is 5.54. The van der Waals surface area contributed by atoms with Crippen molar-refractivity contribution in [2.75, 3.05) is 6.54 Å². The molecule has 0 amide bonds. The molecule has 0 radical (unpaired) electrons. The Morgan fingerprint density at radius 2 is 2.33 bits per heavy atom. The maximum atomic E-state index is 8.70. The molecule has 0 aromatic rings. The van der Waals surface area contributed by atoms with Gasteiger partial charge in [-0.05, 0) is 11.6 Å². The second-order valence-corrected chi connectivity index (χ2v) is 1.79. The van der Waals surface area contributed by atoms with Crippen molar-refractivity contribution >= 4 is 0 Å². The number of hydrogen-bond donors (Lipinski definition) is 3. The highest BCUT2D eigenvalue weighted by Gasteiger charge is 2.06. The Hall–Kier alpha value is -0.840. The second kappa shape index (κ2) is 4.08. The average molecular weight is 133 g/mol. The quantitative estimate of drug-likeness (QED) is 0.223. The lowest BCUT2D eigenvalue weighted by Gasteiger charge is -2.02. The number of nitrogens with two attached hydrogens (primary N) is 1. The topological polar surface area (TPSA) is 76.3 Å². The fourth-order valence-corrected chi connectivity index (χ4v) is 0.407. The van der Waals surface area contributed by atoms with Gasteiger partial charge >= 0.3 is 0 Å². The second-order valence-electron chi connectivity index (χ2n) is 1.79. The van der Waals surface area contributed by atoms with Crippen molar-refractivity contribution in [3.8, 4) is 0 Å². The molecule has 0 spiro atoms. The normalized spacial score (nSPS) is 9.11. The van der Waals surface area contributed by atoms with E-state index in [1.165, 1.54) is 0 Å². The molecule has 0 aromatic heterocycles. The predicted octanol–water partition coefficient (Wildman–Crippen LogP) is 0.310. The first-order valence-corrected chi connectivity index (χ1v) is 2.91. The van der Waals surface area contributed by atoms with E-state index in [4.69, 9.17) is 16.6 Å². The number of nitrogens with one attached hydrogen (secondary N) is 1. The lowest BCUT2D eigenvalue weighted by atomic mass is 10.3. The molecule has 5 nitrogen and oxygen atoms in total. The van der Waals surface area contributed by atoms with Gasteiger partial charge in [-0.3, -0.25) is 0 Å². The maximum Gasteiger partial charge on any atom is 0.135 e. The van der Waals surface area contributed by atoms with Crippen LogP contribution < -0.4 is 5.84 Å². The Morgan fingerprint density at radius 1 is 1.78 bits per heavy atom. The van der Waals surface area contributed by atoms with E-state index >= 15 is 0 Å². The van der Waals surface area contributed by atoms with Crippen LogP contribution >= 0.6 is 0 Å². The summed E-state index contributed by atoms with van der Waals surface area (Å²) >= 11 is 0. The van der Waals surface area contributed by atoms with Crippen LogP contribution in [0.5, 0.6) is 0 Å². The van der Waals surface area contributed by atoms with Crippen molar-refractivity contribution in [2.24, 2.45) is 5.84 Å². The van der Waals surface area contributed by atoms with Crippen molar-refractivity contribution in [1.29, 1.82) is 5.53 Å². The summed E-state index contributed by atoms with van der Waals surface area (Å²) in [7, 11) is 0. The van der Waals surface area contributed by atoms with Crippen LogP contribution in [0, 0.1) is 5.53 Å². The molecule has 0 rings (SSSR count). The van der Waals surface area contributed by atoms with Crippen LogP contribution in [0.15, 0.2) is 0 Å². The lowest BCUT2D eigenvalue weighted by molar-refractivity contribution is -0.826.